The SMILES string of the molecule is CCC(NC(=O)c1cn(C)cn1)C(N)=NO. The molecule has 0 bridgehead atoms. The van der Waals surface area contributed by atoms with E-state index < -0.39 is 6.04 Å². The number of imidazole rings is 1. The van der Waals surface area contributed by atoms with Gasteiger partial charge in [-0.15, -0.1) is 0 Å². The predicted molar refractivity (Wildman–Crippen MR) is 58.2 cm³/mol. The monoisotopic (exact) mass is 225 g/mol. The van der Waals surface area contributed by atoms with E-state index in [0.29, 0.717) is 12.1 Å². The zero-order valence-corrected chi connectivity index (χ0v) is 9.21. The molecule has 7 heteroatoms. The Kier molecular flexibility index (Phi) is 3.87. The Balaban J connectivity index is 2.70. The Morgan fingerprint density at radius 1 is 1.81 bits per heavy atom. The van der Waals surface area contributed by atoms with Crippen LogP contribution in [0, 0.1) is 0 Å². The molecule has 1 rings (SSSR count). The van der Waals surface area contributed by atoms with Gasteiger partial charge in [0, 0.05) is 13.2 Å². The van der Waals surface area contributed by atoms with Crippen LogP contribution in [0.2, 0.25) is 0 Å². The summed E-state index contributed by atoms with van der Waals surface area (Å²) in [5.74, 6) is -0.370. The quantitative estimate of drug-likeness (QED) is 0.282. The van der Waals surface area contributed by atoms with Crippen molar-refractivity contribution >= 4 is 11.7 Å². The summed E-state index contributed by atoms with van der Waals surface area (Å²) in [5.41, 5.74) is 5.72. The number of carbonyl (C=O) groups excluding carboxylic acids is 1. The van der Waals surface area contributed by atoms with Crippen molar-refractivity contribution in [3.05, 3.63) is 18.2 Å². The van der Waals surface area contributed by atoms with Crippen molar-refractivity contribution in [2.45, 2.75) is 19.4 Å². The van der Waals surface area contributed by atoms with Gasteiger partial charge in [0.1, 0.15) is 5.69 Å². The van der Waals surface area contributed by atoms with E-state index >= 15 is 0 Å². The third-order valence-electron chi connectivity index (χ3n) is 2.12. The predicted octanol–water partition coefficient (Wildman–Crippen LogP) is -0.325. The summed E-state index contributed by atoms with van der Waals surface area (Å²) in [5, 5.41) is 14.0. The molecule has 4 N–H and O–H groups in total. The van der Waals surface area contributed by atoms with Crippen LogP contribution in [0.15, 0.2) is 17.7 Å². The van der Waals surface area contributed by atoms with Crippen LogP contribution in [0.5, 0.6) is 0 Å². The van der Waals surface area contributed by atoms with Crippen LogP contribution in [-0.2, 0) is 7.05 Å². The number of nitrogens with zero attached hydrogens (tertiary/aromatic N) is 3. The van der Waals surface area contributed by atoms with Crippen LogP contribution in [0.25, 0.3) is 0 Å². The number of aromatic nitrogens is 2. The van der Waals surface area contributed by atoms with Crippen molar-refractivity contribution in [1.29, 1.82) is 0 Å². The molecule has 0 aliphatic carbocycles. The van der Waals surface area contributed by atoms with Gasteiger partial charge in [0.15, 0.2) is 5.84 Å². The molecule has 7 nitrogen and oxygen atoms in total. The van der Waals surface area contributed by atoms with Crippen molar-refractivity contribution in [2.75, 3.05) is 0 Å². The molecule has 1 aromatic heterocycles. The molecule has 0 saturated carbocycles. The molecule has 0 spiro atoms. The fourth-order valence-corrected chi connectivity index (χ4v) is 1.22. The van der Waals surface area contributed by atoms with E-state index in [1.54, 1.807) is 17.8 Å². The smallest absolute Gasteiger partial charge is 0.272 e. The summed E-state index contributed by atoms with van der Waals surface area (Å²) in [6.45, 7) is 1.82. The number of amides is 1. The minimum absolute atomic E-state index is 0.0215. The third kappa shape index (κ3) is 2.72. The average molecular weight is 225 g/mol. The summed E-state index contributed by atoms with van der Waals surface area (Å²) in [4.78, 5) is 15.6. The molecule has 1 atom stereocenters. The van der Waals surface area contributed by atoms with Gasteiger partial charge >= 0.3 is 0 Å². The summed E-state index contributed by atoms with van der Waals surface area (Å²) in [6.07, 6.45) is 3.65. The van der Waals surface area contributed by atoms with Crippen LogP contribution in [0.1, 0.15) is 23.8 Å². The van der Waals surface area contributed by atoms with Crippen molar-refractivity contribution < 1.29 is 10.0 Å². The summed E-state index contributed by atoms with van der Waals surface area (Å²) < 4.78 is 1.67. The highest BCUT2D eigenvalue weighted by Gasteiger charge is 2.17. The maximum Gasteiger partial charge on any atom is 0.272 e. The lowest BCUT2D eigenvalue weighted by Crippen LogP contribution is -2.44. The Hall–Kier alpha value is -2.05. The van der Waals surface area contributed by atoms with Gasteiger partial charge in [-0.2, -0.15) is 0 Å². The number of amidine groups is 1. The second kappa shape index (κ2) is 5.15. The molecule has 0 fully saturated rings. The van der Waals surface area contributed by atoms with E-state index in [1.807, 2.05) is 6.92 Å². The first-order valence-corrected chi connectivity index (χ1v) is 4.84. The highest BCUT2D eigenvalue weighted by atomic mass is 16.4. The van der Waals surface area contributed by atoms with Crippen molar-refractivity contribution in [3.8, 4) is 0 Å². The number of carbonyl (C=O) groups is 1. The van der Waals surface area contributed by atoms with Crippen molar-refractivity contribution in [3.63, 3.8) is 0 Å². The number of hydrogen-bond donors (Lipinski definition) is 3. The van der Waals surface area contributed by atoms with Crippen LogP contribution in [0.4, 0.5) is 0 Å². The first kappa shape index (κ1) is 12.0. The highest BCUT2D eigenvalue weighted by Crippen LogP contribution is 1.97. The van der Waals surface area contributed by atoms with Gasteiger partial charge in [-0.1, -0.05) is 12.1 Å². The Morgan fingerprint density at radius 3 is 2.94 bits per heavy atom. The number of nitrogens with two attached hydrogens (primary N) is 1. The number of hydrogen-bond acceptors (Lipinski definition) is 4. The molecule has 0 aromatic carbocycles. The Morgan fingerprint density at radius 2 is 2.50 bits per heavy atom. The summed E-state index contributed by atoms with van der Waals surface area (Å²) >= 11 is 0. The molecule has 16 heavy (non-hydrogen) atoms. The minimum atomic E-state index is -0.487. The van der Waals surface area contributed by atoms with Gasteiger partial charge in [0.05, 0.1) is 12.4 Å². The number of nitrogens with one attached hydrogen (secondary N) is 1. The Labute approximate surface area is 93.0 Å². The van der Waals surface area contributed by atoms with Gasteiger partial charge in [0.2, 0.25) is 0 Å². The minimum Gasteiger partial charge on any atom is -0.409 e. The van der Waals surface area contributed by atoms with Crippen LogP contribution in [-0.4, -0.2) is 32.5 Å². The Bertz CT molecular complexity index is 398. The lowest BCUT2D eigenvalue weighted by Gasteiger charge is -2.13. The zero-order chi connectivity index (χ0) is 12.1. The van der Waals surface area contributed by atoms with Crippen LogP contribution < -0.4 is 11.1 Å². The molecule has 1 heterocycles. The van der Waals surface area contributed by atoms with Crippen LogP contribution in [0.3, 0.4) is 0 Å². The van der Waals surface area contributed by atoms with Gasteiger partial charge in [-0.05, 0) is 6.42 Å². The summed E-state index contributed by atoms with van der Waals surface area (Å²) in [7, 11) is 1.77. The number of rotatable bonds is 4. The molecule has 1 aromatic rings. The highest BCUT2D eigenvalue weighted by molar-refractivity contribution is 5.96. The average Bonchev–Trinajstić information content (AvgIpc) is 2.71. The first-order chi connectivity index (χ1) is 7.58. The van der Waals surface area contributed by atoms with Crippen molar-refractivity contribution in [2.24, 2.45) is 17.9 Å². The summed E-state index contributed by atoms with van der Waals surface area (Å²) in [6, 6.07) is -0.487. The van der Waals surface area contributed by atoms with Gasteiger partial charge in [0.25, 0.3) is 5.91 Å². The lowest BCUT2D eigenvalue weighted by molar-refractivity contribution is 0.0941. The number of aryl methyl sites for hydroxylation is 1. The largest absolute Gasteiger partial charge is 0.409 e. The molecule has 0 saturated heterocycles. The van der Waals surface area contributed by atoms with E-state index in [2.05, 4.69) is 15.5 Å². The lowest BCUT2D eigenvalue weighted by atomic mass is 10.2. The van der Waals surface area contributed by atoms with E-state index in [9.17, 15) is 4.79 Å². The van der Waals surface area contributed by atoms with Crippen LogP contribution >= 0.6 is 0 Å². The van der Waals surface area contributed by atoms with E-state index in [-0.39, 0.29) is 11.7 Å². The first-order valence-electron chi connectivity index (χ1n) is 4.84. The molecule has 0 aliphatic rings. The van der Waals surface area contributed by atoms with E-state index in [0.717, 1.165) is 0 Å². The molecular weight excluding hydrogens is 210 g/mol. The van der Waals surface area contributed by atoms with Crippen molar-refractivity contribution in [1.82, 2.24) is 14.9 Å². The topological polar surface area (TPSA) is 106 Å². The van der Waals surface area contributed by atoms with Gasteiger partial charge in [-0.3, -0.25) is 4.79 Å². The number of oxime groups is 1. The standard InChI is InChI=1S/C9H15N5O2/c1-3-6(8(10)13-16)12-9(15)7-4-14(2)5-11-7/h4-6,16H,3H2,1-2H3,(H2,10,13)(H,12,15). The second-order valence-electron chi connectivity index (χ2n) is 3.38. The zero-order valence-electron chi connectivity index (χ0n) is 9.21. The molecule has 0 radical (unpaired) electrons. The van der Waals surface area contributed by atoms with Gasteiger partial charge < -0.3 is 20.8 Å². The molecule has 88 valence electrons. The maximum absolute atomic E-state index is 11.7. The molecular formula is C9H15N5O2. The fraction of sp³-hybridized carbons (Fsp3) is 0.444. The molecule has 1 unspecified atom stereocenters. The fourth-order valence-electron chi connectivity index (χ4n) is 1.22. The van der Waals surface area contributed by atoms with E-state index in [4.69, 9.17) is 10.9 Å². The molecule has 0 aliphatic heterocycles. The normalized spacial score (nSPS) is 13.5. The third-order valence-corrected chi connectivity index (χ3v) is 2.12. The maximum atomic E-state index is 11.7. The molecule has 1 amide bonds. The van der Waals surface area contributed by atoms with Gasteiger partial charge in [-0.25, -0.2) is 4.98 Å². The van der Waals surface area contributed by atoms with E-state index in [1.165, 1.54) is 6.33 Å². The second-order valence-corrected chi connectivity index (χ2v) is 3.38.